The summed E-state index contributed by atoms with van der Waals surface area (Å²) in [4.78, 5) is 2.33. The summed E-state index contributed by atoms with van der Waals surface area (Å²) < 4.78 is 5.36. The minimum atomic E-state index is 0.359. The number of rotatable bonds is 2. The zero-order valence-electron chi connectivity index (χ0n) is 9.65. The number of furan rings is 1. The Balaban J connectivity index is 1.85. The van der Waals surface area contributed by atoms with Gasteiger partial charge >= 0.3 is 0 Å². The van der Waals surface area contributed by atoms with Crippen LogP contribution in [0.15, 0.2) is 28.9 Å². The second kappa shape index (κ2) is 4.39. The Morgan fingerprint density at radius 3 is 2.94 bits per heavy atom. The number of benzene rings is 1. The summed E-state index contributed by atoms with van der Waals surface area (Å²) in [6.45, 7) is 4.86. The van der Waals surface area contributed by atoms with E-state index in [1.807, 2.05) is 12.1 Å². The summed E-state index contributed by atoms with van der Waals surface area (Å²) in [7, 11) is 0. The number of aromatic hydroxyl groups is 1. The molecule has 4 heteroatoms. The summed E-state index contributed by atoms with van der Waals surface area (Å²) in [5.74, 6) is 0.359. The van der Waals surface area contributed by atoms with Gasteiger partial charge in [-0.2, -0.15) is 0 Å². The standard InChI is InChI=1S/C13H16N2O2/c16-12-7-10-1-6-17-13(10)8-11(12)9-15-4-2-14-3-5-15/h1,6-8,14,16H,2-5,9H2. The lowest BCUT2D eigenvalue weighted by molar-refractivity contribution is 0.230. The molecule has 1 aromatic carbocycles. The highest BCUT2D eigenvalue weighted by atomic mass is 16.3. The van der Waals surface area contributed by atoms with E-state index in [0.717, 1.165) is 49.3 Å². The number of piperazine rings is 1. The Bertz CT molecular complexity index is 515. The largest absolute Gasteiger partial charge is 0.508 e. The molecule has 2 N–H and O–H groups in total. The van der Waals surface area contributed by atoms with Gasteiger partial charge in [0.25, 0.3) is 0 Å². The zero-order valence-corrected chi connectivity index (χ0v) is 9.65. The molecule has 0 aliphatic carbocycles. The quantitative estimate of drug-likeness (QED) is 0.824. The fourth-order valence-electron chi connectivity index (χ4n) is 2.28. The van der Waals surface area contributed by atoms with Crippen LogP contribution in [0.1, 0.15) is 5.56 Å². The van der Waals surface area contributed by atoms with E-state index in [1.165, 1.54) is 0 Å². The van der Waals surface area contributed by atoms with Gasteiger partial charge in [-0.15, -0.1) is 0 Å². The van der Waals surface area contributed by atoms with Crippen LogP contribution in [0.2, 0.25) is 0 Å². The first-order chi connectivity index (χ1) is 8.33. The van der Waals surface area contributed by atoms with E-state index in [9.17, 15) is 5.11 Å². The number of hydrogen-bond acceptors (Lipinski definition) is 4. The van der Waals surface area contributed by atoms with Gasteiger partial charge in [-0.1, -0.05) is 0 Å². The van der Waals surface area contributed by atoms with Crippen molar-refractivity contribution in [2.24, 2.45) is 0 Å². The third-order valence-electron chi connectivity index (χ3n) is 3.26. The molecule has 0 spiro atoms. The molecule has 3 rings (SSSR count). The van der Waals surface area contributed by atoms with Crippen molar-refractivity contribution < 1.29 is 9.52 Å². The van der Waals surface area contributed by atoms with E-state index in [1.54, 1.807) is 12.3 Å². The fourth-order valence-corrected chi connectivity index (χ4v) is 2.28. The maximum absolute atomic E-state index is 9.97. The van der Waals surface area contributed by atoms with Crippen LogP contribution < -0.4 is 5.32 Å². The Kier molecular flexibility index (Phi) is 2.74. The average molecular weight is 232 g/mol. The second-order valence-corrected chi connectivity index (χ2v) is 4.47. The van der Waals surface area contributed by atoms with E-state index in [-0.39, 0.29) is 0 Å². The van der Waals surface area contributed by atoms with Crippen molar-refractivity contribution in [1.82, 2.24) is 10.2 Å². The van der Waals surface area contributed by atoms with Gasteiger partial charge in [-0.25, -0.2) is 0 Å². The van der Waals surface area contributed by atoms with Crippen LogP contribution in [0.3, 0.4) is 0 Å². The molecule has 17 heavy (non-hydrogen) atoms. The fraction of sp³-hybridized carbons (Fsp3) is 0.385. The molecule has 0 unspecified atom stereocenters. The molecule has 4 nitrogen and oxygen atoms in total. The number of fused-ring (bicyclic) bond motifs is 1. The van der Waals surface area contributed by atoms with Gasteiger partial charge in [-0.05, 0) is 18.2 Å². The van der Waals surface area contributed by atoms with E-state index in [0.29, 0.717) is 5.75 Å². The summed E-state index contributed by atoms with van der Waals surface area (Å²) in [6.07, 6.45) is 1.65. The molecule has 1 saturated heterocycles. The minimum Gasteiger partial charge on any atom is -0.508 e. The van der Waals surface area contributed by atoms with Crippen molar-refractivity contribution in [3.05, 3.63) is 30.0 Å². The highest BCUT2D eigenvalue weighted by Gasteiger charge is 2.13. The van der Waals surface area contributed by atoms with Gasteiger partial charge in [0, 0.05) is 43.7 Å². The molecule has 2 heterocycles. The number of hydrogen-bond donors (Lipinski definition) is 2. The average Bonchev–Trinajstić information content (AvgIpc) is 2.78. The van der Waals surface area contributed by atoms with Crippen LogP contribution in [0.5, 0.6) is 5.75 Å². The normalized spacial score (nSPS) is 17.6. The van der Waals surface area contributed by atoms with Crippen LogP contribution in [0.4, 0.5) is 0 Å². The first-order valence-electron chi connectivity index (χ1n) is 5.95. The SMILES string of the molecule is Oc1cc2ccoc2cc1CN1CCNCC1. The first kappa shape index (κ1) is 10.6. The maximum Gasteiger partial charge on any atom is 0.134 e. The van der Waals surface area contributed by atoms with Crippen molar-refractivity contribution in [1.29, 1.82) is 0 Å². The molecule has 1 fully saturated rings. The molecule has 90 valence electrons. The lowest BCUT2D eigenvalue weighted by Crippen LogP contribution is -2.42. The molecule has 1 aliphatic heterocycles. The molecule has 1 aliphatic rings. The lowest BCUT2D eigenvalue weighted by atomic mass is 10.1. The van der Waals surface area contributed by atoms with Crippen LogP contribution in [0, 0.1) is 0 Å². The third-order valence-corrected chi connectivity index (χ3v) is 3.26. The van der Waals surface area contributed by atoms with E-state index in [2.05, 4.69) is 10.2 Å². The van der Waals surface area contributed by atoms with Crippen molar-refractivity contribution in [3.63, 3.8) is 0 Å². The van der Waals surface area contributed by atoms with Crippen molar-refractivity contribution in [3.8, 4) is 5.75 Å². The monoisotopic (exact) mass is 232 g/mol. The molecule has 0 saturated carbocycles. The van der Waals surface area contributed by atoms with Crippen molar-refractivity contribution in [2.45, 2.75) is 6.54 Å². The number of phenols is 1. The Morgan fingerprint density at radius 1 is 1.29 bits per heavy atom. The Morgan fingerprint density at radius 2 is 2.12 bits per heavy atom. The molecular weight excluding hydrogens is 216 g/mol. The van der Waals surface area contributed by atoms with Gasteiger partial charge < -0.3 is 14.8 Å². The third kappa shape index (κ3) is 2.14. The van der Waals surface area contributed by atoms with E-state index >= 15 is 0 Å². The summed E-state index contributed by atoms with van der Waals surface area (Å²) in [5.41, 5.74) is 1.78. The van der Waals surface area contributed by atoms with Gasteiger partial charge in [-0.3, -0.25) is 4.90 Å². The number of nitrogens with one attached hydrogen (secondary N) is 1. The summed E-state index contributed by atoms with van der Waals surface area (Å²) in [5, 5.41) is 14.2. The van der Waals surface area contributed by atoms with Crippen LogP contribution in [-0.2, 0) is 6.54 Å². The predicted molar refractivity (Wildman–Crippen MR) is 66.0 cm³/mol. The van der Waals surface area contributed by atoms with Crippen molar-refractivity contribution >= 4 is 11.0 Å². The molecule has 2 aromatic rings. The molecule has 0 radical (unpaired) electrons. The second-order valence-electron chi connectivity index (χ2n) is 4.47. The Hall–Kier alpha value is -1.52. The Labute approximate surface area is 99.8 Å². The van der Waals surface area contributed by atoms with Crippen LogP contribution in [0.25, 0.3) is 11.0 Å². The van der Waals surface area contributed by atoms with Crippen LogP contribution in [-0.4, -0.2) is 36.2 Å². The number of nitrogens with zero attached hydrogens (tertiary/aromatic N) is 1. The topological polar surface area (TPSA) is 48.6 Å². The highest BCUT2D eigenvalue weighted by Crippen LogP contribution is 2.26. The predicted octanol–water partition coefficient (Wildman–Crippen LogP) is 1.54. The molecule has 0 amide bonds. The number of phenolic OH excluding ortho intramolecular Hbond substituents is 1. The highest BCUT2D eigenvalue weighted by molar-refractivity contribution is 5.79. The summed E-state index contributed by atoms with van der Waals surface area (Å²) >= 11 is 0. The van der Waals surface area contributed by atoms with E-state index in [4.69, 9.17) is 4.42 Å². The lowest BCUT2D eigenvalue weighted by Gasteiger charge is -2.27. The summed E-state index contributed by atoms with van der Waals surface area (Å²) in [6, 6.07) is 5.58. The van der Waals surface area contributed by atoms with Gasteiger partial charge in [0.2, 0.25) is 0 Å². The zero-order chi connectivity index (χ0) is 11.7. The van der Waals surface area contributed by atoms with E-state index < -0.39 is 0 Å². The molecule has 0 bridgehead atoms. The first-order valence-corrected chi connectivity index (χ1v) is 5.95. The molecular formula is C13H16N2O2. The minimum absolute atomic E-state index is 0.359. The molecule has 0 atom stereocenters. The smallest absolute Gasteiger partial charge is 0.134 e. The molecule has 1 aromatic heterocycles. The van der Waals surface area contributed by atoms with Gasteiger partial charge in [0.1, 0.15) is 11.3 Å². The maximum atomic E-state index is 9.97. The van der Waals surface area contributed by atoms with Gasteiger partial charge in [0.05, 0.1) is 6.26 Å². The van der Waals surface area contributed by atoms with Crippen LogP contribution >= 0.6 is 0 Å². The van der Waals surface area contributed by atoms with Crippen molar-refractivity contribution in [2.75, 3.05) is 26.2 Å². The van der Waals surface area contributed by atoms with Gasteiger partial charge in [0.15, 0.2) is 0 Å².